The fourth-order valence-electron chi connectivity index (χ4n) is 1.85. The van der Waals surface area contributed by atoms with Gasteiger partial charge in [-0.05, 0) is 43.0 Å². The first-order valence-corrected chi connectivity index (χ1v) is 6.21. The van der Waals surface area contributed by atoms with Crippen molar-refractivity contribution in [3.8, 4) is 0 Å². The Hall–Kier alpha value is -1.42. The lowest BCUT2D eigenvalue weighted by Crippen LogP contribution is -2.30. The lowest BCUT2D eigenvalue weighted by atomic mass is 9.96. The Morgan fingerprint density at radius 2 is 2.11 bits per heavy atom. The molecule has 1 rings (SSSR count). The van der Waals surface area contributed by atoms with Crippen LogP contribution in [0.2, 0.25) is 0 Å². The van der Waals surface area contributed by atoms with Gasteiger partial charge in [0.15, 0.2) is 0 Å². The Morgan fingerprint density at radius 3 is 2.61 bits per heavy atom. The van der Waals surface area contributed by atoms with Gasteiger partial charge in [0.2, 0.25) is 5.91 Å². The number of rotatable bonds is 5. The van der Waals surface area contributed by atoms with Crippen LogP contribution >= 0.6 is 0 Å². The summed E-state index contributed by atoms with van der Waals surface area (Å²) in [6.45, 7) is 6.10. The Morgan fingerprint density at radius 1 is 1.44 bits per heavy atom. The van der Waals surface area contributed by atoms with Crippen molar-refractivity contribution in [2.75, 3.05) is 11.9 Å². The number of halogens is 1. The molecule has 100 valence electrons. The minimum absolute atomic E-state index is 0.0998. The molecule has 0 fully saturated rings. The Labute approximate surface area is 108 Å². The average molecular weight is 252 g/mol. The average Bonchev–Trinajstić information content (AvgIpc) is 2.30. The van der Waals surface area contributed by atoms with Gasteiger partial charge in [-0.3, -0.25) is 4.79 Å². The van der Waals surface area contributed by atoms with E-state index in [0.29, 0.717) is 23.7 Å². The van der Waals surface area contributed by atoms with Crippen molar-refractivity contribution in [1.82, 2.24) is 0 Å². The highest BCUT2D eigenvalue weighted by Gasteiger charge is 2.18. The molecule has 0 aliphatic heterocycles. The maximum Gasteiger partial charge on any atom is 0.228 e. The zero-order valence-corrected chi connectivity index (χ0v) is 11.2. The van der Waals surface area contributed by atoms with Gasteiger partial charge in [0.1, 0.15) is 5.82 Å². The maximum absolute atomic E-state index is 13.1. The fraction of sp³-hybridized carbons (Fsp3) is 0.500. The molecular weight excluding hydrogens is 231 g/mol. The standard InChI is InChI=1S/C14H21FN2O/c1-9(2)6-11(8-16)14(18)17-12-4-5-13(15)10(3)7-12/h4-5,7,9,11H,6,8,16H2,1-3H3,(H,17,18). The molecule has 1 amide bonds. The van der Waals surface area contributed by atoms with Gasteiger partial charge in [-0.25, -0.2) is 4.39 Å². The van der Waals surface area contributed by atoms with E-state index in [4.69, 9.17) is 5.73 Å². The third-order valence-electron chi connectivity index (χ3n) is 2.84. The highest BCUT2D eigenvalue weighted by Crippen LogP contribution is 2.17. The van der Waals surface area contributed by atoms with Gasteiger partial charge in [0.25, 0.3) is 0 Å². The molecule has 1 aromatic carbocycles. The fourth-order valence-corrected chi connectivity index (χ4v) is 1.85. The van der Waals surface area contributed by atoms with Gasteiger partial charge in [-0.15, -0.1) is 0 Å². The lowest BCUT2D eigenvalue weighted by Gasteiger charge is -2.17. The highest BCUT2D eigenvalue weighted by atomic mass is 19.1. The Bertz CT molecular complexity index is 418. The van der Waals surface area contributed by atoms with Crippen LogP contribution in [0.25, 0.3) is 0 Å². The second-order valence-corrected chi connectivity index (χ2v) is 5.02. The first-order chi connectivity index (χ1) is 8.43. The van der Waals surface area contributed by atoms with Crippen molar-refractivity contribution in [2.24, 2.45) is 17.6 Å². The second-order valence-electron chi connectivity index (χ2n) is 5.02. The van der Waals surface area contributed by atoms with Gasteiger partial charge in [-0.2, -0.15) is 0 Å². The van der Waals surface area contributed by atoms with E-state index in [0.717, 1.165) is 6.42 Å². The number of nitrogens with one attached hydrogen (secondary N) is 1. The number of hydrogen-bond acceptors (Lipinski definition) is 2. The van der Waals surface area contributed by atoms with Gasteiger partial charge in [0, 0.05) is 12.2 Å². The van der Waals surface area contributed by atoms with Crippen LogP contribution in [0.5, 0.6) is 0 Å². The number of benzene rings is 1. The molecule has 4 heteroatoms. The van der Waals surface area contributed by atoms with E-state index in [9.17, 15) is 9.18 Å². The number of nitrogens with two attached hydrogens (primary N) is 1. The summed E-state index contributed by atoms with van der Waals surface area (Å²) < 4.78 is 13.1. The molecule has 0 saturated heterocycles. The molecule has 0 aliphatic rings. The normalized spacial score (nSPS) is 12.6. The van der Waals surface area contributed by atoms with E-state index in [1.807, 2.05) is 0 Å². The molecule has 0 spiro atoms. The predicted octanol–water partition coefficient (Wildman–Crippen LogP) is 2.69. The van der Waals surface area contributed by atoms with Crippen molar-refractivity contribution in [3.05, 3.63) is 29.6 Å². The van der Waals surface area contributed by atoms with Crippen LogP contribution in [0, 0.1) is 24.6 Å². The molecule has 0 heterocycles. The molecule has 0 aliphatic carbocycles. The van der Waals surface area contributed by atoms with Crippen LogP contribution in [-0.4, -0.2) is 12.5 Å². The highest BCUT2D eigenvalue weighted by molar-refractivity contribution is 5.92. The third-order valence-corrected chi connectivity index (χ3v) is 2.84. The first kappa shape index (κ1) is 14.6. The molecule has 0 aromatic heterocycles. The van der Waals surface area contributed by atoms with Crippen LogP contribution in [0.1, 0.15) is 25.8 Å². The SMILES string of the molecule is Cc1cc(NC(=O)C(CN)CC(C)C)ccc1F. The number of aryl methyl sites for hydroxylation is 1. The van der Waals surface area contributed by atoms with Gasteiger partial charge < -0.3 is 11.1 Å². The minimum atomic E-state index is -0.273. The number of amides is 1. The summed E-state index contributed by atoms with van der Waals surface area (Å²) in [5.41, 5.74) is 6.74. The smallest absolute Gasteiger partial charge is 0.228 e. The van der Waals surface area contributed by atoms with E-state index < -0.39 is 0 Å². The zero-order chi connectivity index (χ0) is 13.7. The molecule has 1 unspecified atom stereocenters. The van der Waals surface area contributed by atoms with Crippen LogP contribution in [0.3, 0.4) is 0 Å². The molecule has 0 radical (unpaired) electrons. The summed E-state index contributed by atoms with van der Waals surface area (Å²) in [7, 11) is 0. The molecule has 3 N–H and O–H groups in total. The summed E-state index contributed by atoms with van der Waals surface area (Å²) in [5.74, 6) is -0.155. The molecule has 1 aromatic rings. The monoisotopic (exact) mass is 252 g/mol. The number of carbonyl (C=O) groups excluding carboxylic acids is 1. The van der Waals surface area contributed by atoms with Crippen molar-refractivity contribution in [2.45, 2.75) is 27.2 Å². The van der Waals surface area contributed by atoms with Crippen molar-refractivity contribution < 1.29 is 9.18 Å². The van der Waals surface area contributed by atoms with E-state index in [2.05, 4.69) is 19.2 Å². The first-order valence-electron chi connectivity index (χ1n) is 6.21. The summed E-state index contributed by atoms with van der Waals surface area (Å²) in [5, 5.41) is 2.78. The van der Waals surface area contributed by atoms with Gasteiger partial charge in [-0.1, -0.05) is 13.8 Å². The van der Waals surface area contributed by atoms with E-state index in [1.165, 1.54) is 6.07 Å². The van der Waals surface area contributed by atoms with E-state index >= 15 is 0 Å². The molecule has 0 bridgehead atoms. The second kappa shape index (κ2) is 6.50. The number of anilines is 1. The summed E-state index contributed by atoms with van der Waals surface area (Å²) in [4.78, 5) is 12.0. The maximum atomic E-state index is 13.1. The van der Waals surface area contributed by atoms with Gasteiger partial charge in [0.05, 0.1) is 5.92 Å². The number of carbonyl (C=O) groups is 1. The molecule has 1 atom stereocenters. The summed E-state index contributed by atoms with van der Waals surface area (Å²) in [6, 6.07) is 4.53. The van der Waals surface area contributed by atoms with Crippen molar-refractivity contribution >= 4 is 11.6 Å². The molecule has 0 saturated carbocycles. The molecule has 18 heavy (non-hydrogen) atoms. The predicted molar refractivity (Wildman–Crippen MR) is 71.8 cm³/mol. The van der Waals surface area contributed by atoms with Crippen LogP contribution in [-0.2, 0) is 4.79 Å². The Kier molecular flexibility index (Phi) is 5.28. The lowest BCUT2D eigenvalue weighted by molar-refractivity contribution is -0.120. The molecule has 3 nitrogen and oxygen atoms in total. The topological polar surface area (TPSA) is 55.1 Å². The van der Waals surface area contributed by atoms with E-state index in [-0.39, 0.29) is 17.6 Å². The van der Waals surface area contributed by atoms with Gasteiger partial charge >= 0.3 is 0 Å². The minimum Gasteiger partial charge on any atom is -0.330 e. The van der Waals surface area contributed by atoms with Crippen LogP contribution in [0.15, 0.2) is 18.2 Å². The van der Waals surface area contributed by atoms with Crippen molar-refractivity contribution in [1.29, 1.82) is 0 Å². The Balaban J connectivity index is 2.70. The zero-order valence-electron chi connectivity index (χ0n) is 11.2. The summed E-state index contributed by atoms with van der Waals surface area (Å²) >= 11 is 0. The quantitative estimate of drug-likeness (QED) is 0.846. The largest absolute Gasteiger partial charge is 0.330 e. The summed E-state index contributed by atoms with van der Waals surface area (Å²) in [6.07, 6.45) is 0.752. The van der Waals surface area contributed by atoms with E-state index in [1.54, 1.807) is 19.1 Å². The molecular formula is C14H21FN2O. The van der Waals surface area contributed by atoms with Crippen LogP contribution < -0.4 is 11.1 Å². The number of hydrogen-bond donors (Lipinski definition) is 2. The van der Waals surface area contributed by atoms with Crippen molar-refractivity contribution in [3.63, 3.8) is 0 Å². The van der Waals surface area contributed by atoms with Crippen LogP contribution in [0.4, 0.5) is 10.1 Å². The third kappa shape index (κ3) is 4.11.